The maximum absolute atomic E-state index is 11.0. The second kappa shape index (κ2) is 10.3. The molecule has 1 amide bonds. The number of ether oxygens (including phenoxy) is 1. The summed E-state index contributed by atoms with van der Waals surface area (Å²) in [6.45, 7) is 4.49. The van der Waals surface area contributed by atoms with Gasteiger partial charge in [-0.3, -0.25) is 4.79 Å². The van der Waals surface area contributed by atoms with Gasteiger partial charge in [0.2, 0.25) is 5.91 Å². The summed E-state index contributed by atoms with van der Waals surface area (Å²) in [4.78, 5) is 11.0. The van der Waals surface area contributed by atoms with Crippen LogP contribution in [0.1, 0.15) is 58.8 Å². The maximum atomic E-state index is 11.0. The Labute approximate surface area is 122 Å². The minimum atomic E-state index is -0.0609. The summed E-state index contributed by atoms with van der Waals surface area (Å²) in [6, 6.07) is 7.54. The molecule has 0 saturated carbocycles. The first-order chi connectivity index (χ1) is 9.72. The molecule has 0 bridgehead atoms. The summed E-state index contributed by atoms with van der Waals surface area (Å²) in [5, 5.41) is 2.76. The van der Waals surface area contributed by atoms with E-state index >= 15 is 0 Å². The van der Waals surface area contributed by atoms with Crippen LogP contribution in [-0.4, -0.2) is 12.5 Å². The highest BCUT2D eigenvalue weighted by Gasteiger charge is 1.98. The lowest BCUT2D eigenvalue weighted by atomic mass is 10.1. The van der Waals surface area contributed by atoms with Gasteiger partial charge in [-0.2, -0.15) is 0 Å². The van der Waals surface area contributed by atoms with E-state index in [0.29, 0.717) is 0 Å². The molecule has 1 rings (SSSR count). The lowest BCUT2D eigenvalue weighted by Crippen LogP contribution is -2.06. The van der Waals surface area contributed by atoms with Crippen molar-refractivity contribution in [2.45, 2.75) is 58.8 Å². The highest BCUT2D eigenvalue weighted by Crippen LogP contribution is 2.17. The molecule has 0 aliphatic heterocycles. The van der Waals surface area contributed by atoms with Crippen LogP contribution < -0.4 is 10.1 Å². The van der Waals surface area contributed by atoms with Crippen LogP contribution in [0.3, 0.4) is 0 Å². The van der Waals surface area contributed by atoms with Gasteiger partial charge >= 0.3 is 0 Å². The lowest BCUT2D eigenvalue weighted by Gasteiger charge is -2.08. The third-order valence-corrected chi connectivity index (χ3v) is 3.17. The van der Waals surface area contributed by atoms with Gasteiger partial charge < -0.3 is 10.1 Å². The van der Waals surface area contributed by atoms with Crippen LogP contribution in [0, 0.1) is 0 Å². The Bertz CT molecular complexity index is 390. The Hall–Kier alpha value is -1.51. The standard InChI is InChI=1S/C17H27NO2/c1-3-4-5-6-7-8-9-13-20-17-12-10-11-16(14-17)18-15(2)19/h10-12,14H,3-9,13H2,1-2H3,(H,18,19). The zero-order valence-corrected chi connectivity index (χ0v) is 12.8. The molecule has 0 aliphatic rings. The Morgan fingerprint density at radius 2 is 1.80 bits per heavy atom. The van der Waals surface area contributed by atoms with Crippen molar-refractivity contribution in [1.29, 1.82) is 0 Å². The molecular formula is C17H27NO2. The quantitative estimate of drug-likeness (QED) is 0.625. The van der Waals surface area contributed by atoms with Crippen molar-refractivity contribution in [2.75, 3.05) is 11.9 Å². The SMILES string of the molecule is CCCCCCCCCOc1cccc(NC(C)=O)c1. The van der Waals surface area contributed by atoms with Gasteiger partial charge in [-0.25, -0.2) is 0 Å². The predicted molar refractivity (Wildman–Crippen MR) is 84.2 cm³/mol. The van der Waals surface area contributed by atoms with Crippen molar-refractivity contribution in [3.05, 3.63) is 24.3 Å². The first kappa shape index (κ1) is 16.5. The fourth-order valence-electron chi connectivity index (χ4n) is 2.12. The number of hydrogen-bond acceptors (Lipinski definition) is 2. The van der Waals surface area contributed by atoms with Gasteiger partial charge in [0.05, 0.1) is 6.61 Å². The van der Waals surface area contributed by atoms with Crippen molar-refractivity contribution < 1.29 is 9.53 Å². The van der Waals surface area contributed by atoms with E-state index in [0.717, 1.165) is 24.5 Å². The number of nitrogens with one attached hydrogen (secondary N) is 1. The summed E-state index contributed by atoms with van der Waals surface area (Å²) in [7, 11) is 0. The molecule has 0 spiro atoms. The average molecular weight is 277 g/mol. The smallest absolute Gasteiger partial charge is 0.221 e. The average Bonchev–Trinajstić information content (AvgIpc) is 2.41. The summed E-state index contributed by atoms with van der Waals surface area (Å²) < 4.78 is 5.70. The molecule has 0 aliphatic carbocycles. The van der Waals surface area contributed by atoms with Crippen LogP contribution in [0.5, 0.6) is 5.75 Å². The maximum Gasteiger partial charge on any atom is 0.221 e. The molecule has 20 heavy (non-hydrogen) atoms. The molecule has 112 valence electrons. The minimum Gasteiger partial charge on any atom is -0.494 e. The third-order valence-electron chi connectivity index (χ3n) is 3.17. The molecule has 0 atom stereocenters. The zero-order chi connectivity index (χ0) is 14.6. The number of hydrogen-bond donors (Lipinski definition) is 1. The van der Waals surface area contributed by atoms with Gasteiger partial charge in [-0.1, -0.05) is 51.5 Å². The molecule has 1 aromatic carbocycles. The highest BCUT2D eigenvalue weighted by atomic mass is 16.5. The largest absolute Gasteiger partial charge is 0.494 e. The van der Waals surface area contributed by atoms with Gasteiger partial charge in [0, 0.05) is 18.7 Å². The van der Waals surface area contributed by atoms with E-state index in [-0.39, 0.29) is 5.91 Å². The highest BCUT2D eigenvalue weighted by molar-refractivity contribution is 5.88. The fourth-order valence-corrected chi connectivity index (χ4v) is 2.12. The van der Waals surface area contributed by atoms with Crippen molar-refractivity contribution in [3.8, 4) is 5.75 Å². The lowest BCUT2D eigenvalue weighted by molar-refractivity contribution is -0.114. The van der Waals surface area contributed by atoms with Crippen LogP contribution >= 0.6 is 0 Å². The molecule has 1 N–H and O–H groups in total. The summed E-state index contributed by atoms with van der Waals surface area (Å²) >= 11 is 0. The Morgan fingerprint density at radius 1 is 1.10 bits per heavy atom. The van der Waals surface area contributed by atoms with Crippen molar-refractivity contribution >= 4 is 11.6 Å². The van der Waals surface area contributed by atoms with E-state index in [4.69, 9.17) is 4.74 Å². The topological polar surface area (TPSA) is 38.3 Å². The molecule has 0 radical (unpaired) electrons. The number of benzene rings is 1. The Balaban J connectivity index is 2.14. The number of amides is 1. The van der Waals surface area contributed by atoms with E-state index in [1.165, 1.54) is 45.4 Å². The number of rotatable bonds is 10. The second-order valence-electron chi connectivity index (χ2n) is 5.18. The molecule has 0 fully saturated rings. The van der Waals surface area contributed by atoms with E-state index in [9.17, 15) is 4.79 Å². The van der Waals surface area contributed by atoms with Crippen LogP contribution in [0.25, 0.3) is 0 Å². The van der Waals surface area contributed by atoms with Crippen LogP contribution in [0.2, 0.25) is 0 Å². The van der Waals surface area contributed by atoms with Gasteiger partial charge in [0.1, 0.15) is 5.75 Å². The number of anilines is 1. The van der Waals surface area contributed by atoms with Crippen LogP contribution in [-0.2, 0) is 4.79 Å². The monoisotopic (exact) mass is 277 g/mol. The van der Waals surface area contributed by atoms with Crippen LogP contribution in [0.4, 0.5) is 5.69 Å². The van der Waals surface area contributed by atoms with E-state index in [2.05, 4.69) is 12.2 Å². The number of carbonyl (C=O) groups is 1. The number of carbonyl (C=O) groups excluding carboxylic acids is 1. The normalized spacial score (nSPS) is 10.3. The Kier molecular flexibility index (Phi) is 8.52. The fraction of sp³-hybridized carbons (Fsp3) is 0.588. The van der Waals surface area contributed by atoms with Crippen molar-refractivity contribution in [3.63, 3.8) is 0 Å². The molecule has 3 heteroatoms. The first-order valence-corrected chi connectivity index (χ1v) is 7.73. The summed E-state index contributed by atoms with van der Waals surface area (Å²) in [5.41, 5.74) is 0.787. The van der Waals surface area contributed by atoms with Gasteiger partial charge in [-0.15, -0.1) is 0 Å². The van der Waals surface area contributed by atoms with E-state index < -0.39 is 0 Å². The molecule has 1 aromatic rings. The minimum absolute atomic E-state index is 0.0609. The number of unbranched alkanes of at least 4 members (excludes halogenated alkanes) is 6. The van der Waals surface area contributed by atoms with Gasteiger partial charge in [0.15, 0.2) is 0 Å². The summed E-state index contributed by atoms with van der Waals surface area (Å²) in [6.07, 6.45) is 8.98. The molecule has 0 heterocycles. The van der Waals surface area contributed by atoms with Gasteiger partial charge in [-0.05, 0) is 18.6 Å². The van der Waals surface area contributed by atoms with E-state index in [1.54, 1.807) is 0 Å². The second-order valence-corrected chi connectivity index (χ2v) is 5.18. The van der Waals surface area contributed by atoms with E-state index in [1.807, 2.05) is 24.3 Å². The molecule has 0 aromatic heterocycles. The molecule has 0 saturated heterocycles. The molecule has 3 nitrogen and oxygen atoms in total. The molecular weight excluding hydrogens is 250 g/mol. The zero-order valence-electron chi connectivity index (χ0n) is 12.8. The third kappa shape index (κ3) is 7.82. The van der Waals surface area contributed by atoms with Crippen molar-refractivity contribution in [2.24, 2.45) is 0 Å². The van der Waals surface area contributed by atoms with Crippen molar-refractivity contribution in [1.82, 2.24) is 0 Å². The predicted octanol–water partition coefficient (Wildman–Crippen LogP) is 4.77. The summed E-state index contributed by atoms with van der Waals surface area (Å²) in [5.74, 6) is 0.761. The Morgan fingerprint density at radius 3 is 2.50 bits per heavy atom. The van der Waals surface area contributed by atoms with Crippen LogP contribution in [0.15, 0.2) is 24.3 Å². The van der Waals surface area contributed by atoms with Gasteiger partial charge in [0.25, 0.3) is 0 Å². The first-order valence-electron chi connectivity index (χ1n) is 7.73. The molecule has 0 unspecified atom stereocenters.